The molecule has 0 aromatic heterocycles. The smallest absolute Gasteiger partial charge is 0.166 e. The van der Waals surface area contributed by atoms with Gasteiger partial charge in [-0.25, -0.2) is 0 Å². The Labute approximate surface area is 82.0 Å². The molecule has 0 radical (unpaired) electrons. The van der Waals surface area contributed by atoms with Crippen LogP contribution in [0.5, 0.6) is 5.75 Å². The van der Waals surface area contributed by atoms with Crippen LogP contribution in [0.25, 0.3) is 10.8 Å². The summed E-state index contributed by atoms with van der Waals surface area (Å²) in [5.41, 5.74) is 1.30. The average Bonchev–Trinajstić information content (AvgIpc) is 2.41. The Bertz CT molecular complexity index is 477. The third-order valence-corrected chi connectivity index (χ3v) is 2.53. The average molecular weight is 186 g/mol. The van der Waals surface area contributed by atoms with Gasteiger partial charge < -0.3 is 4.89 Å². The fourth-order valence-electron chi connectivity index (χ4n) is 1.88. The second-order valence-corrected chi connectivity index (χ2v) is 3.46. The predicted octanol–water partition coefficient (Wildman–Crippen LogP) is 2.71. The third-order valence-electron chi connectivity index (χ3n) is 2.53. The van der Waals surface area contributed by atoms with Gasteiger partial charge in [-0.2, -0.15) is 4.89 Å². The van der Waals surface area contributed by atoms with Crippen LogP contribution in [0.1, 0.15) is 5.56 Å². The molecular formula is C12H10O2. The number of hydrogen-bond acceptors (Lipinski definition) is 2. The van der Waals surface area contributed by atoms with Gasteiger partial charge in [0, 0.05) is 6.42 Å². The molecule has 2 nitrogen and oxygen atoms in total. The Morgan fingerprint density at radius 3 is 3.00 bits per heavy atom. The highest BCUT2D eigenvalue weighted by atomic mass is 17.2. The Balaban J connectivity index is 2.35. The van der Waals surface area contributed by atoms with Crippen LogP contribution in [0.2, 0.25) is 0 Å². The summed E-state index contributed by atoms with van der Waals surface area (Å²) in [7, 11) is 0. The molecule has 2 aromatic rings. The first-order chi connectivity index (χ1) is 6.93. The summed E-state index contributed by atoms with van der Waals surface area (Å²) in [5.74, 6) is 0.802. The quantitative estimate of drug-likeness (QED) is 0.589. The second-order valence-electron chi connectivity index (χ2n) is 3.46. The van der Waals surface area contributed by atoms with Crippen molar-refractivity contribution in [2.45, 2.75) is 6.42 Å². The normalized spacial score (nSPS) is 14.9. The van der Waals surface area contributed by atoms with Gasteiger partial charge in [-0.3, -0.25) is 0 Å². The second kappa shape index (κ2) is 3.00. The van der Waals surface area contributed by atoms with Gasteiger partial charge in [-0.15, -0.1) is 0 Å². The van der Waals surface area contributed by atoms with E-state index >= 15 is 0 Å². The molecule has 0 atom stereocenters. The molecule has 1 heterocycles. The predicted molar refractivity (Wildman–Crippen MR) is 54.2 cm³/mol. The molecule has 0 saturated heterocycles. The molecule has 1 aliphatic rings. The summed E-state index contributed by atoms with van der Waals surface area (Å²) < 4.78 is 0. The molecule has 0 saturated carbocycles. The van der Waals surface area contributed by atoms with E-state index in [1.807, 2.05) is 12.1 Å². The molecule has 0 fully saturated rings. The Hall–Kier alpha value is -1.54. The van der Waals surface area contributed by atoms with Crippen LogP contribution >= 0.6 is 0 Å². The van der Waals surface area contributed by atoms with E-state index in [4.69, 9.17) is 9.78 Å². The van der Waals surface area contributed by atoms with Crippen molar-refractivity contribution < 1.29 is 9.78 Å². The summed E-state index contributed by atoms with van der Waals surface area (Å²) in [6, 6.07) is 12.4. The number of benzene rings is 2. The highest BCUT2D eigenvalue weighted by Gasteiger charge is 2.09. The molecule has 0 N–H and O–H groups in total. The zero-order chi connectivity index (χ0) is 9.38. The van der Waals surface area contributed by atoms with Gasteiger partial charge in [0.1, 0.15) is 0 Å². The molecule has 2 aromatic carbocycles. The SMILES string of the molecule is c1ccc2c3cc(cc2c1)OOCC3. The molecule has 0 amide bonds. The number of rotatable bonds is 0. The fraction of sp³-hybridized carbons (Fsp3) is 0.167. The lowest BCUT2D eigenvalue weighted by molar-refractivity contribution is -0.203. The van der Waals surface area contributed by atoms with Crippen molar-refractivity contribution in [3.05, 3.63) is 42.0 Å². The molecule has 14 heavy (non-hydrogen) atoms. The molecule has 0 unspecified atom stereocenters. The van der Waals surface area contributed by atoms with Crippen LogP contribution in [0.15, 0.2) is 36.4 Å². The molecule has 1 aliphatic heterocycles. The van der Waals surface area contributed by atoms with E-state index in [0.717, 1.165) is 12.2 Å². The molecular weight excluding hydrogens is 176 g/mol. The maximum absolute atomic E-state index is 5.12. The minimum atomic E-state index is 0.623. The van der Waals surface area contributed by atoms with Crippen molar-refractivity contribution in [1.29, 1.82) is 0 Å². The molecule has 0 spiro atoms. The van der Waals surface area contributed by atoms with Gasteiger partial charge in [0.15, 0.2) is 5.75 Å². The summed E-state index contributed by atoms with van der Waals surface area (Å²) in [6.07, 6.45) is 0.911. The zero-order valence-electron chi connectivity index (χ0n) is 7.69. The standard InChI is InChI=1S/C12H10O2/c1-2-4-12-9(3-1)7-11-8-10(12)5-6-13-14-11/h1-4,7-8H,5-6H2. The summed E-state index contributed by atoms with van der Waals surface area (Å²) >= 11 is 0. The minimum absolute atomic E-state index is 0.623. The topological polar surface area (TPSA) is 18.5 Å². The van der Waals surface area contributed by atoms with Gasteiger partial charge in [0.25, 0.3) is 0 Å². The van der Waals surface area contributed by atoms with Gasteiger partial charge in [-0.1, -0.05) is 24.3 Å². The summed E-state index contributed by atoms with van der Waals surface area (Å²) in [4.78, 5) is 10.1. The van der Waals surface area contributed by atoms with E-state index in [1.165, 1.54) is 16.3 Å². The first kappa shape index (κ1) is 7.83. The van der Waals surface area contributed by atoms with Crippen LogP contribution in [0, 0.1) is 0 Å². The van der Waals surface area contributed by atoms with Gasteiger partial charge >= 0.3 is 0 Å². The van der Waals surface area contributed by atoms with Crippen molar-refractivity contribution >= 4 is 10.8 Å². The van der Waals surface area contributed by atoms with Crippen LogP contribution in [-0.2, 0) is 11.3 Å². The maximum atomic E-state index is 5.12. The Morgan fingerprint density at radius 2 is 2.00 bits per heavy atom. The highest BCUT2D eigenvalue weighted by molar-refractivity contribution is 5.87. The van der Waals surface area contributed by atoms with E-state index in [9.17, 15) is 0 Å². The molecule has 2 heteroatoms. The van der Waals surface area contributed by atoms with Crippen LogP contribution < -0.4 is 4.89 Å². The lowest BCUT2D eigenvalue weighted by atomic mass is 10.0. The van der Waals surface area contributed by atoms with E-state index in [-0.39, 0.29) is 0 Å². The van der Waals surface area contributed by atoms with E-state index in [2.05, 4.69) is 24.3 Å². The van der Waals surface area contributed by atoms with Crippen LogP contribution in [0.4, 0.5) is 0 Å². The van der Waals surface area contributed by atoms with Crippen molar-refractivity contribution in [2.75, 3.05) is 6.61 Å². The van der Waals surface area contributed by atoms with Gasteiger partial charge in [0.05, 0.1) is 6.61 Å². The van der Waals surface area contributed by atoms with Crippen molar-refractivity contribution in [3.8, 4) is 5.75 Å². The zero-order valence-corrected chi connectivity index (χ0v) is 7.69. The third kappa shape index (κ3) is 1.16. The minimum Gasteiger partial charge on any atom is -0.338 e. The molecule has 70 valence electrons. The molecule has 0 aliphatic carbocycles. The first-order valence-electron chi connectivity index (χ1n) is 4.75. The van der Waals surface area contributed by atoms with Gasteiger partial charge in [0.2, 0.25) is 0 Å². The number of fused-ring (bicyclic) bond motifs is 4. The first-order valence-corrected chi connectivity index (χ1v) is 4.75. The van der Waals surface area contributed by atoms with Gasteiger partial charge in [-0.05, 0) is 28.5 Å². The largest absolute Gasteiger partial charge is 0.338 e. The molecule has 2 bridgehead atoms. The monoisotopic (exact) mass is 186 g/mol. The molecule has 3 rings (SSSR count). The van der Waals surface area contributed by atoms with Crippen molar-refractivity contribution in [3.63, 3.8) is 0 Å². The van der Waals surface area contributed by atoms with E-state index < -0.39 is 0 Å². The van der Waals surface area contributed by atoms with E-state index in [1.54, 1.807) is 0 Å². The lowest BCUT2D eigenvalue weighted by Crippen LogP contribution is -1.97. The number of hydrogen-bond donors (Lipinski definition) is 0. The summed E-state index contributed by atoms with van der Waals surface area (Å²) in [5, 5.41) is 2.51. The Morgan fingerprint density at radius 1 is 1.07 bits per heavy atom. The van der Waals surface area contributed by atoms with Crippen LogP contribution in [0.3, 0.4) is 0 Å². The van der Waals surface area contributed by atoms with Crippen LogP contribution in [-0.4, -0.2) is 6.61 Å². The highest BCUT2D eigenvalue weighted by Crippen LogP contribution is 2.27. The maximum Gasteiger partial charge on any atom is 0.166 e. The van der Waals surface area contributed by atoms with Crippen molar-refractivity contribution in [1.82, 2.24) is 0 Å². The van der Waals surface area contributed by atoms with E-state index in [0.29, 0.717) is 6.61 Å². The summed E-state index contributed by atoms with van der Waals surface area (Å²) in [6.45, 7) is 0.623. The fourth-order valence-corrected chi connectivity index (χ4v) is 1.88. The lowest BCUT2D eigenvalue weighted by Gasteiger charge is -2.03. The van der Waals surface area contributed by atoms with Crippen molar-refractivity contribution in [2.24, 2.45) is 0 Å². The Kier molecular flexibility index (Phi) is 1.67.